The number of aryl methyl sites for hydroxylation is 3. The SMILES string of the molecule is Cc1ccc(CSCCNC(=O)c2ccc3c(c2)CCCC3)cc1. The second kappa shape index (κ2) is 8.39. The number of amides is 1. The van der Waals surface area contributed by atoms with Crippen LogP contribution in [0.4, 0.5) is 0 Å². The molecule has 0 heterocycles. The van der Waals surface area contributed by atoms with E-state index in [1.807, 2.05) is 17.8 Å². The van der Waals surface area contributed by atoms with Crippen LogP contribution in [0.15, 0.2) is 42.5 Å². The standard InChI is InChI=1S/C21H25NOS/c1-16-6-8-17(9-7-16)15-24-13-12-22-21(23)20-11-10-18-4-2-3-5-19(18)14-20/h6-11,14H,2-5,12-13,15H2,1H3,(H,22,23). The summed E-state index contributed by atoms with van der Waals surface area (Å²) in [5, 5.41) is 3.04. The summed E-state index contributed by atoms with van der Waals surface area (Å²) in [6.45, 7) is 2.82. The lowest BCUT2D eigenvalue weighted by atomic mass is 9.90. The largest absolute Gasteiger partial charge is 0.351 e. The average Bonchev–Trinajstić information content (AvgIpc) is 2.62. The molecule has 0 fully saturated rings. The number of rotatable bonds is 6. The molecule has 0 bridgehead atoms. The van der Waals surface area contributed by atoms with Gasteiger partial charge in [0.15, 0.2) is 0 Å². The quantitative estimate of drug-likeness (QED) is 0.783. The minimum Gasteiger partial charge on any atom is -0.351 e. The molecule has 1 aliphatic carbocycles. The Morgan fingerprint density at radius 2 is 1.79 bits per heavy atom. The van der Waals surface area contributed by atoms with Gasteiger partial charge in [0.25, 0.3) is 5.91 Å². The predicted molar refractivity (Wildman–Crippen MR) is 103 cm³/mol. The van der Waals surface area contributed by atoms with Gasteiger partial charge in [-0.25, -0.2) is 0 Å². The lowest BCUT2D eigenvalue weighted by Gasteiger charge is -2.16. The number of hydrogen-bond acceptors (Lipinski definition) is 2. The summed E-state index contributed by atoms with van der Waals surface area (Å²) in [6, 6.07) is 14.8. The molecular weight excluding hydrogens is 314 g/mol. The maximum Gasteiger partial charge on any atom is 0.251 e. The van der Waals surface area contributed by atoms with E-state index >= 15 is 0 Å². The fourth-order valence-corrected chi connectivity index (χ4v) is 3.91. The lowest BCUT2D eigenvalue weighted by Crippen LogP contribution is -2.26. The number of thioether (sulfide) groups is 1. The van der Waals surface area contributed by atoms with Gasteiger partial charge in [0.2, 0.25) is 0 Å². The summed E-state index contributed by atoms with van der Waals surface area (Å²) < 4.78 is 0. The highest BCUT2D eigenvalue weighted by atomic mass is 32.2. The molecule has 24 heavy (non-hydrogen) atoms. The Bertz CT molecular complexity index is 693. The monoisotopic (exact) mass is 339 g/mol. The highest BCUT2D eigenvalue weighted by Gasteiger charge is 2.12. The molecule has 2 aromatic carbocycles. The average molecular weight is 340 g/mol. The molecule has 0 aliphatic heterocycles. The molecule has 3 heteroatoms. The van der Waals surface area contributed by atoms with E-state index in [1.165, 1.54) is 35.1 Å². The van der Waals surface area contributed by atoms with Crippen molar-refractivity contribution in [3.8, 4) is 0 Å². The van der Waals surface area contributed by atoms with Crippen LogP contribution in [0.25, 0.3) is 0 Å². The second-order valence-electron chi connectivity index (χ2n) is 6.48. The zero-order chi connectivity index (χ0) is 16.8. The smallest absolute Gasteiger partial charge is 0.251 e. The van der Waals surface area contributed by atoms with Gasteiger partial charge in [-0.15, -0.1) is 0 Å². The molecule has 1 N–H and O–H groups in total. The Morgan fingerprint density at radius 3 is 2.58 bits per heavy atom. The number of benzene rings is 2. The topological polar surface area (TPSA) is 29.1 Å². The van der Waals surface area contributed by atoms with E-state index in [-0.39, 0.29) is 5.91 Å². The van der Waals surface area contributed by atoms with Crippen molar-refractivity contribution in [2.45, 2.75) is 38.4 Å². The molecular formula is C21H25NOS. The van der Waals surface area contributed by atoms with Crippen molar-refractivity contribution in [3.05, 3.63) is 70.3 Å². The number of carbonyl (C=O) groups excluding carboxylic acids is 1. The highest BCUT2D eigenvalue weighted by molar-refractivity contribution is 7.98. The summed E-state index contributed by atoms with van der Waals surface area (Å²) >= 11 is 1.86. The van der Waals surface area contributed by atoms with Gasteiger partial charge in [-0.05, 0) is 61.4 Å². The van der Waals surface area contributed by atoms with E-state index in [1.54, 1.807) is 0 Å². The maximum absolute atomic E-state index is 12.3. The first-order chi connectivity index (χ1) is 11.7. The second-order valence-corrected chi connectivity index (χ2v) is 7.59. The van der Waals surface area contributed by atoms with Gasteiger partial charge in [0.1, 0.15) is 0 Å². The third-order valence-electron chi connectivity index (χ3n) is 4.53. The fourth-order valence-electron chi connectivity index (χ4n) is 3.09. The van der Waals surface area contributed by atoms with Gasteiger partial charge in [-0.3, -0.25) is 4.79 Å². The van der Waals surface area contributed by atoms with E-state index in [4.69, 9.17) is 0 Å². The van der Waals surface area contributed by atoms with E-state index in [0.717, 1.165) is 29.9 Å². The fraction of sp³-hybridized carbons (Fsp3) is 0.381. The highest BCUT2D eigenvalue weighted by Crippen LogP contribution is 2.22. The third-order valence-corrected chi connectivity index (χ3v) is 5.56. The minimum absolute atomic E-state index is 0.0549. The zero-order valence-corrected chi connectivity index (χ0v) is 15.1. The first kappa shape index (κ1) is 17.1. The van der Waals surface area contributed by atoms with Crippen LogP contribution in [-0.4, -0.2) is 18.2 Å². The van der Waals surface area contributed by atoms with Crippen LogP contribution in [0.5, 0.6) is 0 Å². The van der Waals surface area contributed by atoms with Gasteiger partial charge >= 0.3 is 0 Å². The first-order valence-corrected chi connectivity index (χ1v) is 9.91. The molecule has 126 valence electrons. The molecule has 2 nitrogen and oxygen atoms in total. The molecule has 0 saturated heterocycles. The Labute approximate surface area is 149 Å². The summed E-state index contributed by atoms with van der Waals surface area (Å²) in [6.07, 6.45) is 4.79. The molecule has 0 spiro atoms. The Morgan fingerprint density at radius 1 is 1.04 bits per heavy atom. The van der Waals surface area contributed by atoms with Crippen molar-refractivity contribution in [1.29, 1.82) is 0 Å². The third kappa shape index (κ3) is 4.64. The number of fused-ring (bicyclic) bond motifs is 1. The van der Waals surface area contributed by atoms with Gasteiger partial charge in [-0.1, -0.05) is 35.9 Å². The van der Waals surface area contributed by atoms with Crippen LogP contribution in [0.1, 0.15) is 45.5 Å². The molecule has 1 aliphatic rings. The van der Waals surface area contributed by atoms with E-state index in [9.17, 15) is 4.79 Å². The number of nitrogens with one attached hydrogen (secondary N) is 1. The van der Waals surface area contributed by atoms with E-state index in [2.05, 4.69) is 48.6 Å². The van der Waals surface area contributed by atoms with Gasteiger partial charge in [-0.2, -0.15) is 11.8 Å². The van der Waals surface area contributed by atoms with E-state index in [0.29, 0.717) is 6.54 Å². The van der Waals surface area contributed by atoms with Gasteiger partial charge in [0, 0.05) is 23.6 Å². The van der Waals surface area contributed by atoms with E-state index < -0.39 is 0 Å². The lowest BCUT2D eigenvalue weighted by molar-refractivity contribution is 0.0956. The molecule has 0 unspecified atom stereocenters. The van der Waals surface area contributed by atoms with Crippen molar-refractivity contribution < 1.29 is 4.79 Å². The normalized spacial score (nSPS) is 13.4. The number of carbonyl (C=O) groups is 1. The summed E-state index contributed by atoms with van der Waals surface area (Å²) in [5.41, 5.74) is 6.22. The summed E-state index contributed by atoms with van der Waals surface area (Å²) in [5.74, 6) is 1.99. The predicted octanol–water partition coefficient (Wildman–Crippen LogP) is 4.54. The van der Waals surface area contributed by atoms with Crippen molar-refractivity contribution in [2.24, 2.45) is 0 Å². The van der Waals surface area contributed by atoms with Crippen molar-refractivity contribution in [2.75, 3.05) is 12.3 Å². The molecule has 3 rings (SSSR count). The zero-order valence-electron chi connectivity index (χ0n) is 14.3. The Balaban J connectivity index is 1.41. The van der Waals surface area contributed by atoms with Gasteiger partial charge < -0.3 is 5.32 Å². The van der Waals surface area contributed by atoms with Crippen molar-refractivity contribution >= 4 is 17.7 Å². The van der Waals surface area contributed by atoms with Crippen LogP contribution < -0.4 is 5.32 Å². The van der Waals surface area contributed by atoms with Crippen LogP contribution in [0, 0.1) is 6.92 Å². The Hall–Kier alpha value is -1.74. The molecule has 0 saturated carbocycles. The Kier molecular flexibility index (Phi) is 5.97. The summed E-state index contributed by atoms with van der Waals surface area (Å²) in [4.78, 5) is 12.3. The number of hydrogen-bond donors (Lipinski definition) is 1. The first-order valence-electron chi connectivity index (χ1n) is 8.76. The van der Waals surface area contributed by atoms with Crippen molar-refractivity contribution in [3.63, 3.8) is 0 Å². The molecule has 0 radical (unpaired) electrons. The van der Waals surface area contributed by atoms with Crippen LogP contribution in [0.2, 0.25) is 0 Å². The molecule has 0 atom stereocenters. The van der Waals surface area contributed by atoms with Gasteiger partial charge in [0.05, 0.1) is 0 Å². The van der Waals surface area contributed by atoms with Crippen LogP contribution in [-0.2, 0) is 18.6 Å². The maximum atomic E-state index is 12.3. The minimum atomic E-state index is 0.0549. The van der Waals surface area contributed by atoms with Crippen LogP contribution in [0.3, 0.4) is 0 Å². The molecule has 0 aromatic heterocycles. The molecule has 2 aromatic rings. The summed E-state index contributed by atoms with van der Waals surface area (Å²) in [7, 11) is 0. The van der Waals surface area contributed by atoms with Crippen LogP contribution >= 0.6 is 11.8 Å². The molecule has 1 amide bonds. The van der Waals surface area contributed by atoms with Crippen molar-refractivity contribution in [1.82, 2.24) is 5.32 Å².